The molecular formula is C13H25N5. The fourth-order valence-corrected chi connectivity index (χ4v) is 1.27. The fraction of sp³-hybridized carbons (Fsp3) is 0.692. The van der Waals surface area contributed by atoms with Crippen LogP contribution in [-0.4, -0.2) is 29.1 Å². The van der Waals surface area contributed by atoms with Crippen molar-refractivity contribution in [2.75, 3.05) is 23.7 Å². The van der Waals surface area contributed by atoms with Gasteiger partial charge in [0.05, 0.1) is 0 Å². The highest BCUT2D eigenvalue weighted by Gasteiger charge is 2.14. The van der Waals surface area contributed by atoms with Crippen molar-refractivity contribution in [3.8, 4) is 0 Å². The molecular weight excluding hydrogens is 226 g/mol. The minimum absolute atomic E-state index is 0.107. The molecule has 18 heavy (non-hydrogen) atoms. The summed E-state index contributed by atoms with van der Waals surface area (Å²) < 4.78 is 0. The number of nitrogens with two attached hydrogens (primary N) is 1. The molecule has 5 heteroatoms. The van der Waals surface area contributed by atoms with Gasteiger partial charge in [0.1, 0.15) is 18.0 Å². The molecule has 1 unspecified atom stereocenters. The molecule has 0 aromatic carbocycles. The quantitative estimate of drug-likeness (QED) is 0.692. The average Bonchev–Trinajstić information content (AvgIpc) is 2.35. The number of hydrogen-bond donors (Lipinski definition) is 3. The van der Waals surface area contributed by atoms with Crippen LogP contribution < -0.4 is 16.4 Å². The van der Waals surface area contributed by atoms with Gasteiger partial charge >= 0.3 is 0 Å². The summed E-state index contributed by atoms with van der Waals surface area (Å²) in [6.45, 7) is 10.2. The first-order chi connectivity index (χ1) is 8.43. The van der Waals surface area contributed by atoms with Crippen LogP contribution in [0.1, 0.15) is 34.1 Å². The first-order valence-electron chi connectivity index (χ1n) is 6.48. The van der Waals surface area contributed by atoms with Crippen LogP contribution in [0.3, 0.4) is 0 Å². The number of nitrogens with zero attached hydrogens (tertiary/aromatic N) is 2. The fourth-order valence-electron chi connectivity index (χ4n) is 1.27. The summed E-state index contributed by atoms with van der Waals surface area (Å²) in [6.07, 6.45) is 2.69. The predicted octanol–water partition coefficient (Wildman–Crippen LogP) is 2.08. The van der Waals surface area contributed by atoms with Gasteiger partial charge in [-0.1, -0.05) is 20.8 Å². The van der Waals surface area contributed by atoms with Crippen LogP contribution in [-0.2, 0) is 0 Å². The van der Waals surface area contributed by atoms with E-state index in [9.17, 15) is 0 Å². The van der Waals surface area contributed by atoms with E-state index in [1.54, 1.807) is 6.33 Å². The Morgan fingerprint density at radius 3 is 2.44 bits per heavy atom. The maximum atomic E-state index is 5.69. The second-order valence-corrected chi connectivity index (χ2v) is 5.52. The molecule has 0 bridgehead atoms. The highest BCUT2D eigenvalue weighted by molar-refractivity contribution is 5.46. The van der Waals surface area contributed by atoms with Crippen molar-refractivity contribution in [3.63, 3.8) is 0 Å². The molecule has 1 heterocycles. The lowest BCUT2D eigenvalue weighted by molar-refractivity contribution is 0.376. The molecule has 0 saturated heterocycles. The first-order valence-corrected chi connectivity index (χ1v) is 6.48. The molecule has 0 aliphatic heterocycles. The monoisotopic (exact) mass is 251 g/mol. The zero-order valence-corrected chi connectivity index (χ0v) is 11.8. The van der Waals surface area contributed by atoms with Gasteiger partial charge in [0.15, 0.2) is 0 Å². The van der Waals surface area contributed by atoms with Crippen LogP contribution in [0, 0.1) is 5.41 Å². The standard InChI is InChI=1S/C13H25N5/c1-5-13(3,4)8-16-12-6-11(17-9-18-12)15-7-10(2)14/h6,9-10H,5,7-8,14H2,1-4H3,(H2,15,16,17,18). The Morgan fingerprint density at radius 2 is 1.89 bits per heavy atom. The predicted molar refractivity (Wildman–Crippen MR) is 76.7 cm³/mol. The van der Waals surface area contributed by atoms with Crippen molar-refractivity contribution >= 4 is 11.6 Å². The van der Waals surface area contributed by atoms with Crippen LogP contribution in [0.15, 0.2) is 12.4 Å². The Balaban J connectivity index is 2.54. The maximum absolute atomic E-state index is 5.69. The third kappa shape index (κ3) is 5.31. The molecule has 0 spiro atoms. The summed E-state index contributed by atoms with van der Waals surface area (Å²) in [6, 6.07) is 2.02. The second-order valence-electron chi connectivity index (χ2n) is 5.52. The Kier molecular flexibility index (Phi) is 5.34. The number of anilines is 2. The maximum Gasteiger partial charge on any atom is 0.131 e. The van der Waals surface area contributed by atoms with E-state index in [1.807, 2.05) is 13.0 Å². The van der Waals surface area contributed by atoms with Gasteiger partial charge < -0.3 is 16.4 Å². The van der Waals surface area contributed by atoms with Crippen molar-refractivity contribution in [1.82, 2.24) is 9.97 Å². The van der Waals surface area contributed by atoms with Crippen molar-refractivity contribution in [1.29, 1.82) is 0 Å². The van der Waals surface area contributed by atoms with E-state index in [-0.39, 0.29) is 11.5 Å². The van der Waals surface area contributed by atoms with E-state index < -0.39 is 0 Å². The SMILES string of the molecule is CCC(C)(C)CNc1cc(NCC(C)N)ncn1. The molecule has 5 nitrogen and oxygen atoms in total. The molecule has 1 rings (SSSR count). The van der Waals surface area contributed by atoms with Crippen molar-refractivity contribution in [3.05, 3.63) is 12.4 Å². The normalized spacial score (nSPS) is 13.2. The van der Waals surface area contributed by atoms with Crippen molar-refractivity contribution in [2.45, 2.75) is 40.2 Å². The lowest BCUT2D eigenvalue weighted by Gasteiger charge is -2.23. The van der Waals surface area contributed by atoms with Crippen LogP contribution in [0.5, 0.6) is 0 Å². The lowest BCUT2D eigenvalue weighted by atomic mass is 9.90. The molecule has 0 aliphatic carbocycles. The molecule has 1 aromatic heterocycles. The molecule has 0 radical (unpaired) electrons. The first kappa shape index (κ1) is 14.7. The van der Waals surface area contributed by atoms with Crippen LogP contribution >= 0.6 is 0 Å². The average molecular weight is 251 g/mol. The summed E-state index contributed by atoms with van der Waals surface area (Å²) in [4.78, 5) is 8.37. The van der Waals surface area contributed by atoms with Gasteiger partial charge in [-0.15, -0.1) is 0 Å². The molecule has 0 aliphatic rings. The summed E-state index contributed by atoms with van der Waals surface area (Å²) in [5.41, 5.74) is 5.96. The van der Waals surface area contributed by atoms with Crippen molar-refractivity contribution in [2.24, 2.45) is 11.1 Å². The van der Waals surface area contributed by atoms with Gasteiger partial charge in [-0.05, 0) is 18.8 Å². The molecule has 0 saturated carbocycles. The zero-order valence-electron chi connectivity index (χ0n) is 11.8. The third-order valence-corrected chi connectivity index (χ3v) is 2.98. The van der Waals surface area contributed by atoms with E-state index >= 15 is 0 Å². The minimum Gasteiger partial charge on any atom is -0.369 e. The van der Waals surface area contributed by atoms with Crippen LogP contribution in [0.25, 0.3) is 0 Å². The summed E-state index contributed by atoms with van der Waals surface area (Å²) in [7, 11) is 0. The second kappa shape index (κ2) is 6.54. The van der Waals surface area contributed by atoms with Gasteiger partial charge in [-0.2, -0.15) is 0 Å². The number of aromatic nitrogens is 2. The summed E-state index contributed by atoms with van der Waals surface area (Å²) in [5.74, 6) is 1.65. The molecule has 1 atom stereocenters. The van der Waals surface area contributed by atoms with E-state index in [2.05, 4.69) is 41.4 Å². The van der Waals surface area contributed by atoms with Gasteiger partial charge in [0.25, 0.3) is 0 Å². The number of hydrogen-bond acceptors (Lipinski definition) is 5. The van der Waals surface area contributed by atoms with Gasteiger partial charge in [0.2, 0.25) is 0 Å². The molecule has 4 N–H and O–H groups in total. The smallest absolute Gasteiger partial charge is 0.131 e. The largest absolute Gasteiger partial charge is 0.369 e. The summed E-state index contributed by atoms with van der Waals surface area (Å²) in [5, 5.41) is 6.52. The highest BCUT2D eigenvalue weighted by Crippen LogP contribution is 2.20. The van der Waals surface area contributed by atoms with E-state index in [0.29, 0.717) is 6.54 Å². The van der Waals surface area contributed by atoms with Crippen LogP contribution in [0.4, 0.5) is 11.6 Å². The Labute approximate surface area is 110 Å². The Morgan fingerprint density at radius 1 is 1.28 bits per heavy atom. The molecule has 102 valence electrons. The van der Waals surface area contributed by atoms with E-state index in [1.165, 1.54) is 0 Å². The molecule has 0 fully saturated rings. The topological polar surface area (TPSA) is 75.9 Å². The number of nitrogens with one attached hydrogen (secondary N) is 2. The highest BCUT2D eigenvalue weighted by atomic mass is 15.1. The molecule has 1 aromatic rings. The summed E-state index contributed by atoms with van der Waals surface area (Å²) >= 11 is 0. The van der Waals surface area contributed by atoms with Gasteiger partial charge in [0, 0.05) is 25.2 Å². The van der Waals surface area contributed by atoms with E-state index in [4.69, 9.17) is 5.73 Å². The van der Waals surface area contributed by atoms with Gasteiger partial charge in [-0.3, -0.25) is 0 Å². The van der Waals surface area contributed by atoms with E-state index in [0.717, 1.165) is 24.6 Å². The Bertz CT molecular complexity index is 362. The van der Waals surface area contributed by atoms with Gasteiger partial charge in [-0.25, -0.2) is 9.97 Å². The lowest BCUT2D eigenvalue weighted by Crippen LogP contribution is -2.25. The third-order valence-electron chi connectivity index (χ3n) is 2.98. The Hall–Kier alpha value is -1.36. The minimum atomic E-state index is 0.107. The molecule has 0 amide bonds. The van der Waals surface area contributed by atoms with Crippen molar-refractivity contribution < 1.29 is 0 Å². The zero-order chi connectivity index (χ0) is 13.6. The number of rotatable bonds is 7. The van der Waals surface area contributed by atoms with Crippen LogP contribution in [0.2, 0.25) is 0 Å².